The molecule has 8 nitrogen and oxygen atoms in total. The van der Waals surface area contributed by atoms with Gasteiger partial charge in [-0.1, -0.05) is 37.3 Å². The van der Waals surface area contributed by atoms with Crippen LogP contribution in [-0.4, -0.2) is 49.1 Å². The molecule has 37 heavy (non-hydrogen) atoms. The van der Waals surface area contributed by atoms with E-state index in [1.807, 2.05) is 36.5 Å². The molecule has 0 amide bonds. The number of hydrogen-bond acceptors (Lipinski definition) is 7. The molecule has 0 unspecified atom stereocenters. The number of methoxy groups -OCH3 is 1. The molecule has 5 rings (SSSR count). The highest BCUT2D eigenvalue weighted by Gasteiger charge is 2.30. The average molecular weight is 500 g/mol. The Labute approximate surface area is 219 Å². The van der Waals surface area contributed by atoms with Crippen molar-refractivity contribution >= 4 is 23.2 Å². The molecule has 0 atom stereocenters. The summed E-state index contributed by atoms with van der Waals surface area (Å²) in [4.78, 5) is 14.2. The fraction of sp³-hybridized carbons (Fsp3) is 0.414. The third kappa shape index (κ3) is 5.39. The number of nitrogens with one attached hydrogen (secondary N) is 2. The molecular weight excluding hydrogens is 462 g/mol. The topological polar surface area (TPSA) is 103 Å². The number of aromatic nitrogens is 2. The van der Waals surface area contributed by atoms with Gasteiger partial charge < -0.3 is 25.6 Å². The molecule has 3 aromatic rings. The number of ether oxygens (including phenoxy) is 1. The van der Waals surface area contributed by atoms with Gasteiger partial charge in [0.25, 0.3) is 0 Å². The number of benzene rings is 2. The third-order valence-corrected chi connectivity index (χ3v) is 7.77. The minimum absolute atomic E-state index is 0.184. The Morgan fingerprint density at radius 2 is 1.86 bits per heavy atom. The second-order valence-electron chi connectivity index (χ2n) is 10.4. The minimum atomic E-state index is 0.184. The van der Waals surface area contributed by atoms with E-state index in [9.17, 15) is 0 Å². The second kappa shape index (κ2) is 10.8. The van der Waals surface area contributed by atoms with Crippen LogP contribution in [0.25, 0.3) is 0 Å². The van der Waals surface area contributed by atoms with Crippen LogP contribution in [-0.2, 0) is 13.0 Å². The number of hydrogen-bond donors (Lipinski definition) is 3. The zero-order chi connectivity index (χ0) is 25.8. The van der Waals surface area contributed by atoms with Crippen molar-refractivity contribution in [2.24, 2.45) is 11.1 Å². The van der Waals surface area contributed by atoms with E-state index in [2.05, 4.69) is 40.2 Å². The lowest BCUT2D eigenvalue weighted by Gasteiger charge is -2.39. The molecule has 8 heteroatoms. The van der Waals surface area contributed by atoms with Crippen LogP contribution in [0.15, 0.2) is 54.7 Å². The van der Waals surface area contributed by atoms with Gasteiger partial charge in [-0.2, -0.15) is 0 Å². The standard InChI is InChI=1S/C29H37N7O/c1-29(20-30)13-16-35(17-14-29)25-19-32-26(27(31)36-15-5-7-22-6-3-4-8-24(22)36)28(34-25)33-18-21-9-11-23(37-2)12-10-21/h3-4,6,8-12,19,31H,5,7,13-18,20,30H2,1-2H3,(H,33,34). The summed E-state index contributed by atoms with van der Waals surface area (Å²) < 4.78 is 5.29. The van der Waals surface area contributed by atoms with Gasteiger partial charge in [0.2, 0.25) is 0 Å². The molecule has 0 saturated carbocycles. The summed E-state index contributed by atoms with van der Waals surface area (Å²) in [6.45, 7) is 6.13. The highest BCUT2D eigenvalue weighted by molar-refractivity contribution is 6.10. The molecule has 2 aliphatic heterocycles. The second-order valence-corrected chi connectivity index (χ2v) is 10.4. The number of piperidine rings is 1. The van der Waals surface area contributed by atoms with E-state index in [1.165, 1.54) is 5.56 Å². The number of para-hydroxylation sites is 1. The summed E-state index contributed by atoms with van der Waals surface area (Å²) in [6, 6.07) is 16.3. The van der Waals surface area contributed by atoms with Gasteiger partial charge in [-0.15, -0.1) is 0 Å². The first kappa shape index (κ1) is 25.0. The van der Waals surface area contributed by atoms with Crippen LogP contribution in [0.2, 0.25) is 0 Å². The van der Waals surface area contributed by atoms with Gasteiger partial charge in [0.05, 0.1) is 13.3 Å². The van der Waals surface area contributed by atoms with Crippen molar-refractivity contribution in [1.29, 1.82) is 5.41 Å². The first-order chi connectivity index (χ1) is 18.0. The highest BCUT2D eigenvalue weighted by Crippen LogP contribution is 2.33. The van der Waals surface area contributed by atoms with Crippen LogP contribution >= 0.6 is 0 Å². The lowest BCUT2D eigenvalue weighted by molar-refractivity contribution is 0.258. The minimum Gasteiger partial charge on any atom is -0.497 e. The molecule has 1 fully saturated rings. The summed E-state index contributed by atoms with van der Waals surface area (Å²) >= 11 is 0. The van der Waals surface area contributed by atoms with E-state index in [1.54, 1.807) is 7.11 Å². The molecule has 0 spiro atoms. The van der Waals surface area contributed by atoms with Crippen LogP contribution < -0.4 is 25.6 Å². The molecule has 4 N–H and O–H groups in total. The van der Waals surface area contributed by atoms with Gasteiger partial charge in [0.15, 0.2) is 11.7 Å². The summed E-state index contributed by atoms with van der Waals surface area (Å²) in [5.41, 5.74) is 10.2. The molecule has 0 aliphatic carbocycles. The van der Waals surface area contributed by atoms with Crippen molar-refractivity contribution in [2.75, 3.05) is 48.4 Å². The van der Waals surface area contributed by atoms with E-state index in [0.717, 1.165) is 68.1 Å². The summed E-state index contributed by atoms with van der Waals surface area (Å²) in [5, 5.41) is 12.7. The van der Waals surface area contributed by atoms with Crippen molar-refractivity contribution in [2.45, 2.75) is 39.2 Å². The lowest BCUT2D eigenvalue weighted by atomic mass is 9.80. The molecule has 194 valence electrons. The van der Waals surface area contributed by atoms with Gasteiger partial charge in [-0.05, 0) is 67.0 Å². The van der Waals surface area contributed by atoms with Crippen LogP contribution in [0.5, 0.6) is 5.75 Å². The Hall–Kier alpha value is -3.65. The first-order valence-electron chi connectivity index (χ1n) is 13.1. The predicted octanol–water partition coefficient (Wildman–Crippen LogP) is 4.44. The Kier molecular flexibility index (Phi) is 7.28. The summed E-state index contributed by atoms with van der Waals surface area (Å²) in [6.07, 6.45) is 5.92. The maximum atomic E-state index is 9.16. The van der Waals surface area contributed by atoms with E-state index in [-0.39, 0.29) is 5.41 Å². The van der Waals surface area contributed by atoms with Crippen molar-refractivity contribution in [3.8, 4) is 5.75 Å². The summed E-state index contributed by atoms with van der Waals surface area (Å²) in [7, 11) is 1.67. The Bertz CT molecular complexity index is 1240. The largest absolute Gasteiger partial charge is 0.497 e. The molecule has 3 heterocycles. The van der Waals surface area contributed by atoms with Crippen LogP contribution in [0, 0.1) is 10.8 Å². The van der Waals surface area contributed by atoms with Crippen molar-refractivity contribution in [3.63, 3.8) is 0 Å². The maximum absolute atomic E-state index is 9.16. The van der Waals surface area contributed by atoms with E-state index >= 15 is 0 Å². The van der Waals surface area contributed by atoms with Gasteiger partial charge in [-0.25, -0.2) is 9.97 Å². The number of rotatable bonds is 7. The predicted molar refractivity (Wildman–Crippen MR) is 150 cm³/mol. The maximum Gasteiger partial charge on any atom is 0.158 e. The Balaban J connectivity index is 1.43. The quantitative estimate of drug-likeness (QED) is 0.326. The molecule has 2 aromatic carbocycles. The highest BCUT2D eigenvalue weighted by atomic mass is 16.5. The molecule has 2 aliphatic rings. The third-order valence-electron chi connectivity index (χ3n) is 7.77. The molecule has 0 radical (unpaired) electrons. The zero-order valence-corrected chi connectivity index (χ0v) is 21.8. The molecule has 0 bridgehead atoms. The molecule has 1 saturated heterocycles. The summed E-state index contributed by atoms with van der Waals surface area (Å²) in [5.74, 6) is 2.67. The van der Waals surface area contributed by atoms with E-state index in [4.69, 9.17) is 25.8 Å². The van der Waals surface area contributed by atoms with Gasteiger partial charge >= 0.3 is 0 Å². The van der Waals surface area contributed by atoms with Crippen LogP contribution in [0.3, 0.4) is 0 Å². The lowest BCUT2D eigenvalue weighted by Crippen LogP contribution is -2.42. The van der Waals surface area contributed by atoms with Crippen LogP contribution in [0.1, 0.15) is 43.0 Å². The van der Waals surface area contributed by atoms with Crippen molar-refractivity contribution in [3.05, 3.63) is 71.5 Å². The van der Waals surface area contributed by atoms with Crippen molar-refractivity contribution < 1.29 is 4.74 Å². The number of aryl methyl sites for hydroxylation is 1. The SMILES string of the molecule is COc1ccc(CNc2nc(N3CCC(C)(CN)CC3)cnc2C(=N)N2CCCc3ccccc32)cc1. The average Bonchev–Trinajstić information content (AvgIpc) is 2.96. The smallest absolute Gasteiger partial charge is 0.158 e. The fourth-order valence-corrected chi connectivity index (χ4v) is 5.13. The fourth-order valence-electron chi connectivity index (χ4n) is 5.13. The van der Waals surface area contributed by atoms with Crippen LogP contribution in [0.4, 0.5) is 17.3 Å². The molecule has 1 aromatic heterocycles. The normalized spacial score (nSPS) is 16.7. The van der Waals surface area contributed by atoms with E-state index in [0.29, 0.717) is 30.4 Å². The Morgan fingerprint density at radius 3 is 2.59 bits per heavy atom. The number of amidine groups is 1. The number of nitrogens with two attached hydrogens (primary N) is 1. The van der Waals surface area contributed by atoms with Gasteiger partial charge in [0.1, 0.15) is 17.3 Å². The number of nitrogens with zero attached hydrogens (tertiary/aromatic N) is 4. The van der Waals surface area contributed by atoms with Gasteiger partial charge in [-0.3, -0.25) is 5.41 Å². The van der Waals surface area contributed by atoms with Gasteiger partial charge in [0, 0.05) is 31.9 Å². The first-order valence-corrected chi connectivity index (χ1v) is 13.1. The van der Waals surface area contributed by atoms with E-state index < -0.39 is 0 Å². The Morgan fingerprint density at radius 1 is 1.11 bits per heavy atom. The monoisotopic (exact) mass is 499 g/mol. The van der Waals surface area contributed by atoms with Crippen molar-refractivity contribution in [1.82, 2.24) is 9.97 Å². The number of fused-ring (bicyclic) bond motifs is 1. The molecular formula is C29H37N7O. The number of anilines is 3. The zero-order valence-electron chi connectivity index (χ0n) is 21.8.